The molecule has 0 spiro atoms. The van der Waals surface area contributed by atoms with Gasteiger partial charge in [0.25, 0.3) is 0 Å². The summed E-state index contributed by atoms with van der Waals surface area (Å²) in [6.45, 7) is 0. The molecule has 2 aliphatic heterocycles. The summed E-state index contributed by atoms with van der Waals surface area (Å²) < 4.78 is 0.601. The van der Waals surface area contributed by atoms with E-state index < -0.39 is 35.7 Å². The maximum absolute atomic E-state index is 13.1. The molecular weight excluding hydrogens is 364 g/mol. The highest BCUT2D eigenvalue weighted by Gasteiger charge is 2.56. The first-order chi connectivity index (χ1) is 13.4. The number of rotatable bonds is 4. The minimum absolute atomic E-state index is 0.162. The first-order valence-corrected chi connectivity index (χ1v) is 9.21. The molecule has 3 N–H and O–H groups in total. The number of benzene rings is 1. The van der Waals surface area contributed by atoms with E-state index in [2.05, 4.69) is 0 Å². The topological polar surface area (TPSA) is 112 Å². The van der Waals surface area contributed by atoms with Crippen LogP contribution in [0.2, 0.25) is 0 Å². The second-order valence-corrected chi connectivity index (χ2v) is 7.40. The number of carbonyl (C=O) groups is 2. The van der Waals surface area contributed by atoms with Crippen molar-refractivity contribution in [3.8, 4) is 11.8 Å². The van der Waals surface area contributed by atoms with Gasteiger partial charge < -0.3 is 20.2 Å². The average Bonchev–Trinajstić information content (AvgIpc) is 3.14. The van der Waals surface area contributed by atoms with Gasteiger partial charge in [-0.3, -0.25) is 9.69 Å². The molecule has 8 heteroatoms. The molecule has 1 unspecified atom stereocenters. The smallest absolute Gasteiger partial charge is 0.340 e. The third kappa shape index (κ3) is 2.85. The number of fused-ring (bicyclic) bond motifs is 2. The summed E-state index contributed by atoms with van der Waals surface area (Å²) in [7, 11) is 1.84. The monoisotopic (exact) mass is 386 g/mol. The van der Waals surface area contributed by atoms with Crippen molar-refractivity contribution in [2.24, 2.45) is 11.8 Å². The maximum Gasteiger partial charge on any atom is 0.340 e. The molecule has 8 nitrogen and oxygen atoms in total. The van der Waals surface area contributed by atoms with Crippen LogP contribution in [0.1, 0.15) is 23.2 Å². The number of aliphatic hydroxyl groups is 1. The summed E-state index contributed by atoms with van der Waals surface area (Å²) in [6.07, 6.45) is 0.0969. The first kappa shape index (κ1) is 18.5. The van der Waals surface area contributed by atoms with Crippen LogP contribution in [0, 0.1) is 11.8 Å². The minimum Gasteiger partial charge on any atom is -0.492 e. The Labute approximate surface area is 161 Å². The number of aromatic nitrogens is 1. The molecule has 1 aromatic carbocycles. The van der Waals surface area contributed by atoms with Crippen molar-refractivity contribution in [3.63, 3.8) is 0 Å². The summed E-state index contributed by atoms with van der Waals surface area (Å²) in [5.74, 6) is -3.65. The SMILES string of the molecule is CN1[C@@H]2CC[C@H]1C(C(=O)c1ccccc1)[C@H](O)[C@@H]2C(=O)On1c(O)ccc1O. The standard InChI is InChI=1S/C20H22N2O6/c1-21-12-7-8-13(21)17(20(27)28-22-14(23)9-10-15(22)24)19(26)16(12)18(25)11-5-3-2-4-6-11/h2-6,9-10,12-13,16-17,19,23-24,26H,7-8H2,1H3/t12-,13+,16?,17+,19-/m0/s1. The molecule has 0 radical (unpaired) electrons. The molecule has 5 atom stereocenters. The van der Waals surface area contributed by atoms with Crippen molar-refractivity contribution in [1.29, 1.82) is 0 Å². The van der Waals surface area contributed by atoms with Gasteiger partial charge in [-0.2, -0.15) is 0 Å². The zero-order valence-corrected chi connectivity index (χ0v) is 15.3. The van der Waals surface area contributed by atoms with Gasteiger partial charge in [0.2, 0.25) is 11.8 Å². The van der Waals surface area contributed by atoms with Gasteiger partial charge in [0.15, 0.2) is 5.78 Å². The molecule has 148 valence electrons. The summed E-state index contributed by atoms with van der Waals surface area (Å²) in [6, 6.07) is 10.6. The molecule has 1 aromatic heterocycles. The van der Waals surface area contributed by atoms with Crippen LogP contribution in [-0.4, -0.2) is 61.9 Å². The number of piperidine rings is 1. The van der Waals surface area contributed by atoms with E-state index >= 15 is 0 Å². The second kappa shape index (κ2) is 6.96. The number of ketones is 1. The van der Waals surface area contributed by atoms with Gasteiger partial charge in [-0.1, -0.05) is 30.3 Å². The Morgan fingerprint density at radius 1 is 0.964 bits per heavy atom. The van der Waals surface area contributed by atoms with E-state index in [1.54, 1.807) is 24.3 Å². The van der Waals surface area contributed by atoms with Crippen LogP contribution >= 0.6 is 0 Å². The third-order valence-electron chi connectivity index (χ3n) is 5.98. The van der Waals surface area contributed by atoms with Crippen LogP contribution < -0.4 is 4.84 Å². The van der Waals surface area contributed by atoms with Gasteiger partial charge in [-0.05, 0) is 19.9 Å². The second-order valence-electron chi connectivity index (χ2n) is 7.40. The van der Waals surface area contributed by atoms with E-state index in [0.717, 1.165) is 0 Å². The molecule has 2 saturated heterocycles. The molecule has 0 aliphatic carbocycles. The third-order valence-corrected chi connectivity index (χ3v) is 5.98. The van der Waals surface area contributed by atoms with Crippen molar-refractivity contribution in [2.45, 2.75) is 31.0 Å². The first-order valence-electron chi connectivity index (χ1n) is 9.21. The van der Waals surface area contributed by atoms with Crippen LogP contribution in [-0.2, 0) is 4.79 Å². The lowest BCUT2D eigenvalue weighted by molar-refractivity contribution is -0.162. The van der Waals surface area contributed by atoms with Crippen molar-refractivity contribution in [3.05, 3.63) is 48.0 Å². The van der Waals surface area contributed by atoms with Gasteiger partial charge in [0.1, 0.15) is 5.92 Å². The number of Topliss-reactive ketones (excluding diaryl/α,β-unsaturated/α-hetero) is 1. The Kier molecular flexibility index (Phi) is 4.60. The Balaban J connectivity index is 1.64. The maximum atomic E-state index is 13.1. The normalized spacial score (nSPS) is 29.6. The van der Waals surface area contributed by atoms with Gasteiger partial charge in [0, 0.05) is 29.8 Å². The van der Waals surface area contributed by atoms with E-state index in [-0.39, 0.29) is 17.9 Å². The van der Waals surface area contributed by atoms with Gasteiger partial charge in [0.05, 0.1) is 12.0 Å². The molecule has 28 heavy (non-hydrogen) atoms. The molecule has 2 bridgehead atoms. The lowest BCUT2D eigenvalue weighted by Gasteiger charge is -2.44. The van der Waals surface area contributed by atoms with Gasteiger partial charge in [-0.25, -0.2) is 4.79 Å². The van der Waals surface area contributed by atoms with Crippen LogP contribution in [0.5, 0.6) is 11.8 Å². The van der Waals surface area contributed by atoms with Crippen molar-refractivity contribution in [1.82, 2.24) is 9.63 Å². The summed E-state index contributed by atoms with van der Waals surface area (Å²) in [4.78, 5) is 33.1. The van der Waals surface area contributed by atoms with Crippen molar-refractivity contribution < 1.29 is 29.7 Å². The van der Waals surface area contributed by atoms with Crippen LogP contribution in [0.15, 0.2) is 42.5 Å². The van der Waals surface area contributed by atoms with E-state index in [0.29, 0.717) is 23.1 Å². The predicted octanol–water partition coefficient (Wildman–Crippen LogP) is 0.807. The minimum atomic E-state index is -1.23. The van der Waals surface area contributed by atoms with Crippen molar-refractivity contribution >= 4 is 11.8 Å². The molecule has 3 heterocycles. The number of hydrogen-bond donors (Lipinski definition) is 3. The number of aromatic hydroxyl groups is 2. The van der Waals surface area contributed by atoms with Crippen LogP contribution in [0.3, 0.4) is 0 Å². The Morgan fingerprint density at radius 2 is 1.54 bits per heavy atom. The van der Waals surface area contributed by atoms with E-state index in [4.69, 9.17) is 4.84 Å². The predicted molar refractivity (Wildman–Crippen MR) is 97.7 cm³/mol. The molecule has 2 aromatic rings. The van der Waals surface area contributed by atoms with E-state index in [1.165, 1.54) is 12.1 Å². The van der Waals surface area contributed by atoms with Crippen LogP contribution in [0.25, 0.3) is 0 Å². The molecule has 4 rings (SSSR count). The highest BCUT2D eigenvalue weighted by atomic mass is 16.7. The Morgan fingerprint density at radius 3 is 2.14 bits per heavy atom. The molecule has 0 amide bonds. The number of aliphatic hydroxyl groups excluding tert-OH is 1. The molecule has 2 fully saturated rings. The van der Waals surface area contributed by atoms with Gasteiger partial charge in [-0.15, -0.1) is 4.73 Å². The summed E-state index contributed by atoms with van der Waals surface area (Å²) >= 11 is 0. The number of hydrogen-bond acceptors (Lipinski definition) is 7. The number of nitrogens with zero attached hydrogens (tertiary/aromatic N) is 2. The fourth-order valence-corrected chi connectivity index (χ4v) is 4.61. The Hall–Kier alpha value is -2.84. The lowest BCUT2D eigenvalue weighted by atomic mass is 9.76. The highest BCUT2D eigenvalue weighted by molar-refractivity contribution is 5.99. The zero-order valence-electron chi connectivity index (χ0n) is 15.3. The van der Waals surface area contributed by atoms with E-state index in [9.17, 15) is 24.9 Å². The molecule has 2 aliphatic rings. The molecule has 0 saturated carbocycles. The number of carbonyl (C=O) groups excluding carboxylic acids is 2. The lowest BCUT2D eigenvalue weighted by Crippen LogP contribution is -2.60. The van der Waals surface area contributed by atoms with Gasteiger partial charge >= 0.3 is 5.97 Å². The average molecular weight is 386 g/mol. The Bertz CT molecular complexity index is 876. The highest BCUT2D eigenvalue weighted by Crippen LogP contribution is 2.43. The largest absolute Gasteiger partial charge is 0.492 e. The fraction of sp³-hybridized carbons (Fsp3) is 0.400. The van der Waals surface area contributed by atoms with Crippen LogP contribution in [0.4, 0.5) is 0 Å². The van der Waals surface area contributed by atoms with Crippen molar-refractivity contribution in [2.75, 3.05) is 7.05 Å². The summed E-state index contributed by atoms with van der Waals surface area (Å²) in [5, 5.41) is 30.4. The molecular formula is C20H22N2O6. The van der Waals surface area contributed by atoms with E-state index in [1.807, 2.05) is 18.0 Å². The fourth-order valence-electron chi connectivity index (χ4n) is 4.61. The quantitative estimate of drug-likeness (QED) is 0.667. The zero-order chi connectivity index (χ0) is 20.0. The summed E-state index contributed by atoms with van der Waals surface area (Å²) in [5.41, 5.74) is 0.484.